The van der Waals surface area contributed by atoms with Crippen LogP contribution in [0.5, 0.6) is 5.75 Å². The van der Waals surface area contributed by atoms with Gasteiger partial charge in [0.15, 0.2) is 0 Å². The molecule has 0 fully saturated rings. The first-order valence-corrected chi connectivity index (χ1v) is 9.26. The number of para-hydroxylation sites is 1. The molecule has 6 nitrogen and oxygen atoms in total. The summed E-state index contributed by atoms with van der Waals surface area (Å²) >= 11 is 0. The van der Waals surface area contributed by atoms with Gasteiger partial charge in [-0.3, -0.25) is 0 Å². The fourth-order valence-electron chi connectivity index (χ4n) is 2.68. The number of carbonyl (C=O) groups excluding carboxylic acids is 2. The molecule has 0 aliphatic heterocycles. The van der Waals surface area contributed by atoms with Gasteiger partial charge in [-0.25, -0.2) is 9.59 Å². The standard InChI is InChI=1S/C21H33NO5/c1-14(2)17(25-16-12-10-9-11-13-16)21(7,8)26-18(23)15(3)22-19(24)27-20(4,5)6/h9-15,17H,1-8H3,(H,22,24)/t15?,17-/m1/s1. The lowest BCUT2D eigenvalue weighted by molar-refractivity contribution is -0.170. The lowest BCUT2D eigenvalue weighted by Crippen LogP contribution is -2.51. The molecule has 0 bridgehead atoms. The summed E-state index contributed by atoms with van der Waals surface area (Å²) in [6.07, 6.45) is -1.02. The van der Waals surface area contributed by atoms with Gasteiger partial charge in [0.05, 0.1) is 0 Å². The van der Waals surface area contributed by atoms with Gasteiger partial charge in [0.2, 0.25) is 0 Å². The van der Waals surface area contributed by atoms with E-state index in [1.807, 2.05) is 44.2 Å². The zero-order valence-electron chi connectivity index (χ0n) is 17.7. The van der Waals surface area contributed by atoms with Gasteiger partial charge in [0.25, 0.3) is 0 Å². The van der Waals surface area contributed by atoms with Crippen molar-refractivity contribution in [3.05, 3.63) is 30.3 Å². The Morgan fingerprint density at radius 3 is 1.96 bits per heavy atom. The molecule has 0 aliphatic carbocycles. The molecular weight excluding hydrogens is 346 g/mol. The molecule has 0 radical (unpaired) electrons. The Kier molecular flexibility index (Phi) is 7.69. The van der Waals surface area contributed by atoms with Crippen molar-refractivity contribution in [3.8, 4) is 5.75 Å². The van der Waals surface area contributed by atoms with E-state index in [2.05, 4.69) is 5.32 Å². The van der Waals surface area contributed by atoms with Gasteiger partial charge in [0.1, 0.15) is 29.1 Å². The summed E-state index contributed by atoms with van der Waals surface area (Å²) in [6.45, 7) is 14.5. The number of esters is 1. The highest BCUT2D eigenvalue weighted by Crippen LogP contribution is 2.27. The number of hydrogen-bond donors (Lipinski definition) is 1. The molecule has 0 aliphatic rings. The second-order valence-electron chi connectivity index (χ2n) is 8.49. The van der Waals surface area contributed by atoms with E-state index < -0.39 is 29.3 Å². The van der Waals surface area contributed by atoms with Crippen LogP contribution in [0.2, 0.25) is 0 Å². The number of ether oxygens (including phenoxy) is 3. The minimum Gasteiger partial charge on any atom is -0.486 e. The molecule has 1 N–H and O–H groups in total. The molecule has 6 heteroatoms. The third-order valence-corrected chi connectivity index (χ3v) is 3.75. The molecule has 1 rings (SSSR count). The third kappa shape index (κ3) is 7.89. The first-order valence-electron chi connectivity index (χ1n) is 9.26. The first-order chi connectivity index (χ1) is 12.3. The normalized spacial score (nSPS) is 14.3. The average Bonchev–Trinajstić information content (AvgIpc) is 2.50. The highest BCUT2D eigenvalue weighted by atomic mass is 16.6. The lowest BCUT2D eigenvalue weighted by atomic mass is 9.91. The van der Waals surface area contributed by atoms with Crippen molar-refractivity contribution in [2.45, 2.75) is 78.7 Å². The zero-order chi connectivity index (χ0) is 20.8. The quantitative estimate of drug-likeness (QED) is 0.714. The second kappa shape index (κ2) is 9.11. The maximum atomic E-state index is 12.5. The summed E-state index contributed by atoms with van der Waals surface area (Å²) in [6, 6.07) is 8.56. The maximum absolute atomic E-state index is 12.5. The maximum Gasteiger partial charge on any atom is 0.408 e. The first kappa shape index (κ1) is 22.8. The van der Waals surface area contributed by atoms with Gasteiger partial charge in [0, 0.05) is 0 Å². The predicted octanol–water partition coefficient (Wildman–Crippen LogP) is 4.33. The summed E-state index contributed by atoms with van der Waals surface area (Å²) in [5.41, 5.74) is -1.54. The molecule has 2 atom stereocenters. The van der Waals surface area contributed by atoms with Crippen molar-refractivity contribution in [1.82, 2.24) is 5.32 Å². The van der Waals surface area contributed by atoms with E-state index >= 15 is 0 Å². The molecule has 0 aromatic heterocycles. The Labute approximate surface area is 162 Å². The van der Waals surface area contributed by atoms with Gasteiger partial charge in [-0.1, -0.05) is 32.0 Å². The molecule has 27 heavy (non-hydrogen) atoms. The largest absolute Gasteiger partial charge is 0.486 e. The molecule has 1 aromatic rings. The SMILES string of the molecule is CC(NC(=O)OC(C)(C)C)C(=O)OC(C)(C)[C@H](Oc1ccccc1)C(C)C. The van der Waals surface area contributed by atoms with E-state index in [4.69, 9.17) is 14.2 Å². The van der Waals surface area contributed by atoms with Crippen molar-refractivity contribution in [3.63, 3.8) is 0 Å². The fraction of sp³-hybridized carbons (Fsp3) is 0.619. The van der Waals surface area contributed by atoms with Crippen LogP contribution in [-0.2, 0) is 14.3 Å². The summed E-state index contributed by atoms with van der Waals surface area (Å²) in [4.78, 5) is 24.3. The highest BCUT2D eigenvalue weighted by molar-refractivity contribution is 5.81. The Morgan fingerprint density at radius 1 is 0.926 bits per heavy atom. The molecule has 0 saturated heterocycles. The molecular formula is C21H33NO5. The Bertz CT molecular complexity index is 619. The monoisotopic (exact) mass is 379 g/mol. The topological polar surface area (TPSA) is 73.9 Å². The third-order valence-electron chi connectivity index (χ3n) is 3.75. The predicted molar refractivity (Wildman–Crippen MR) is 105 cm³/mol. The van der Waals surface area contributed by atoms with Crippen molar-refractivity contribution >= 4 is 12.1 Å². The molecule has 1 amide bonds. The van der Waals surface area contributed by atoms with Crippen LogP contribution in [0.1, 0.15) is 55.4 Å². The number of amides is 1. The molecule has 0 heterocycles. The van der Waals surface area contributed by atoms with Gasteiger partial charge < -0.3 is 19.5 Å². The van der Waals surface area contributed by atoms with Crippen LogP contribution in [0.3, 0.4) is 0 Å². The number of nitrogens with one attached hydrogen (secondary N) is 1. The van der Waals surface area contributed by atoms with Crippen LogP contribution in [0.25, 0.3) is 0 Å². The lowest BCUT2D eigenvalue weighted by Gasteiger charge is -2.37. The number of hydrogen-bond acceptors (Lipinski definition) is 5. The van der Waals surface area contributed by atoms with Crippen LogP contribution >= 0.6 is 0 Å². The van der Waals surface area contributed by atoms with E-state index in [0.29, 0.717) is 5.75 Å². The molecule has 1 unspecified atom stereocenters. The van der Waals surface area contributed by atoms with Crippen LogP contribution in [0.4, 0.5) is 4.79 Å². The second-order valence-corrected chi connectivity index (χ2v) is 8.49. The minimum atomic E-state index is -0.898. The number of carbonyl (C=O) groups is 2. The Balaban J connectivity index is 2.76. The van der Waals surface area contributed by atoms with Crippen LogP contribution in [0.15, 0.2) is 30.3 Å². The fourth-order valence-corrected chi connectivity index (χ4v) is 2.68. The number of benzene rings is 1. The molecule has 1 aromatic carbocycles. The smallest absolute Gasteiger partial charge is 0.408 e. The average molecular weight is 379 g/mol. The Morgan fingerprint density at radius 2 is 1.48 bits per heavy atom. The van der Waals surface area contributed by atoms with E-state index in [1.54, 1.807) is 41.5 Å². The van der Waals surface area contributed by atoms with Crippen LogP contribution in [0, 0.1) is 5.92 Å². The summed E-state index contributed by atoms with van der Waals surface area (Å²) in [5, 5.41) is 2.50. The van der Waals surface area contributed by atoms with Crippen LogP contribution < -0.4 is 10.1 Å². The Hall–Kier alpha value is -2.24. The highest BCUT2D eigenvalue weighted by Gasteiger charge is 2.39. The van der Waals surface area contributed by atoms with Crippen molar-refractivity contribution in [1.29, 1.82) is 0 Å². The van der Waals surface area contributed by atoms with E-state index in [9.17, 15) is 9.59 Å². The van der Waals surface area contributed by atoms with E-state index in [-0.39, 0.29) is 12.0 Å². The van der Waals surface area contributed by atoms with E-state index in [0.717, 1.165) is 0 Å². The van der Waals surface area contributed by atoms with Gasteiger partial charge in [-0.2, -0.15) is 0 Å². The molecule has 152 valence electrons. The number of rotatable bonds is 7. The van der Waals surface area contributed by atoms with Gasteiger partial charge >= 0.3 is 12.1 Å². The van der Waals surface area contributed by atoms with Crippen molar-refractivity contribution in [2.75, 3.05) is 0 Å². The van der Waals surface area contributed by atoms with Crippen molar-refractivity contribution < 1.29 is 23.8 Å². The van der Waals surface area contributed by atoms with Gasteiger partial charge in [-0.15, -0.1) is 0 Å². The summed E-state index contributed by atoms with van der Waals surface area (Å²) < 4.78 is 16.9. The summed E-state index contributed by atoms with van der Waals surface area (Å²) in [5.74, 6) is 0.260. The van der Waals surface area contributed by atoms with Gasteiger partial charge in [-0.05, 0) is 59.6 Å². The van der Waals surface area contributed by atoms with Crippen LogP contribution in [-0.4, -0.2) is 35.4 Å². The zero-order valence-corrected chi connectivity index (χ0v) is 17.7. The van der Waals surface area contributed by atoms with Crippen molar-refractivity contribution in [2.24, 2.45) is 5.92 Å². The molecule has 0 spiro atoms. The summed E-state index contributed by atoms with van der Waals surface area (Å²) in [7, 11) is 0. The molecule has 0 saturated carbocycles. The van der Waals surface area contributed by atoms with E-state index in [1.165, 1.54) is 0 Å². The minimum absolute atomic E-state index is 0.0992. The number of alkyl carbamates (subject to hydrolysis) is 1.